The third-order valence-corrected chi connectivity index (χ3v) is 2.42. The van der Waals surface area contributed by atoms with Crippen molar-refractivity contribution in [2.24, 2.45) is 0 Å². The molecule has 0 aromatic heterocycles. The van der Waals surface area contributed by atoms with Gasteiger partial charge in [-0.15, -0.1) is 0 Å². The van der Waals surface area contributed by atoms with Crippen molar-refractivity contribution in [2.75, 3.05) is 39.5 Å². The molecule has 0 amide bonds. The lowest BCUT2D eigenvalue weighted by Crippen LogP contribution is -2.36. The Balaban J connectivity index is 1.87. The zero-order chi connectivity index (χ0) is 10.2. The fourth-order valence-corrected chi connectivity index (χ4v) is 1.58. The number of hydrogen-bond donors (Lipinski definition) is 0. The zero-order valence-corrected chi connectivity index (χ0v) is 9.50. The highest BCUT2D eigenvalue weighted by Crippen LogP contribution is 2.01. The van der Waals surface area contributed by atoms with Gasteiger partial charge in [0.25, 0.3) is 0 Å². The summed E-state index contributed by atoms with van der Waals surface area (Å²) < 4.78 is 10.8. The lowest BCUT2D eigenvalue weighted by atomic mass is 10.3. The second-order valence-corrected chi connectivity index (χ2v) is 4.08. The second-order valence-electron chi connectivity index (χ2n) is 4.08. The Hall–Kier alpha value is -0.120. The highest BCUT2D eigenvalue weighted by atomic mass is 16.5. The first-order valence-corrected chi connectivity index (χ1v) is 5.71. The number of morpholine rings is 1. The van der Waals surface area contributed by atoms with Crippen molar-refractivity contribution in [1.82, 2.24) is 4.90 Å². The topological polar surface area (TPSA) is 21.7 Å². The average molecular weight is 201 g/mol. The number of unbranched alkanes of at least 4 members (excludes halogenated alkanes) is 1. The van der Waals surface area contributed by atoms with Gasteiger partial charge in [0.1, 0.15) is 0 Å². The molecule has 0 saturated carbocycles. The van der Waals surface area contributed by atoms with E-state index in [1.165, 1.54) is 19.4 Å². The predicted molar refractivity (Wildman–Crippen MR) is 57.6 cm³/mol. The Morgan fingerprint density at radius 2 is 1.93 bits per heavy atom. The largest absolute Gasteiger partial charge is 0.379 e. The van der Waals surface area contributed by atoms with Crippen LogP contribution in [0.4, 0.5) is 0 Å². The minimum absolute atomic E-state index is 0.374. The first kappa shape index (κ1) is 12.0. The molecule has 1 heterocycles. The van der Waals surface area contributed by atoms with Crippen LogP contribution < -0.4 is 0 Å². The van der Waals surface area contributed by atoms with E-state index in [1.807, 2.05) is 0 Å². The summed E-state index contributed by atoms with van der Waals surface area (Å²) in [6, 6.07) is 0. The molecule has 1 aliphatic heterocycles. The molecule has 14 heavy (non-hydrogen) atoms. The van der Waals surface area contributed by atoms with Gasteiger partial charge in [-0.2, -0.15) is 0 Å². The number of hydrogen-bond acceptors (Lipinski definition) is 3. The highest BCUT2D eigenvalue weighted by molar-refractivity contribution is 4.61. The maximum atomic E-state index is 5.49. The second kappa shape index (κ2) is 7.21. The fraction of sp³-hybridized carbons (Fsp3) is 1.00. The molecule has 0 aromatic rings. The van der Waals surface area contributed by atoms with Crippen molar-refractivity contribution in [2.45, 2.75) is 32.8 Å². The summed E-state index contributed by atoms with van der Waals surface area (Å²) >= 11 is 0. The van der Waals surface area contributed by atoms with Gasteiger partial charge in [-0.05, 0) is 33.2 Å². The summed E-state index contributed by atoms with van der Waals surface area (Å²) in [5.74, 6) is 0. The van der Waals surface area contributed by atoms with Crippen LogP contribution >= 0.6 is 0 Å². The van der Waals surface area contributed by atoms with Gasteiger partial charge in [-0.1, -0.05) is 0 Å². The number of rotatable bonds is 6. The third kappa shape index (κ3) is 5.58. The Morgan fingerprint density at radius 1 is 1.21 bits per heavy atom. The molecule has 1 rings (SSSR count). The van der Waals surface area contributed by atoms with Crippen molar-refractivity contribution in [3.63, 3.8) is 0 Å². The van der Waals surface area contributed by atoms with Gasteiger partial charge in [0.15, 0.2) is 0 Å². The highest BCUT2D eigenvalue weighted by Gasteiger charge is 2.08. The molecule has 1 saturated heterocycles. The molecule has 3 heteroatoms. The van der Waals surface area contributed by atoms with Crippen molar-refractivity contribution in [3.8, 4) is 0 Å². The Kier molecular flexibility index (Phi) is 6.15. The number of ether oxygens (including phenoxy) is 2. The van der Waals surface area contributed by atoms with Gasteiger partial charge < -0.3 is 9.47 Å². The molecule has 0 radical (unpaired) electrons. The molecule has 0 aromatic carbocycles. The van der Waals surface area contributed by atoms with E-state index in [0.717, 1.165) is 32.9 Å². The maximum Gasteiger partial charge on any atom is 0.0594 e. The van der Waals surface area contributed by atoms with Crippen molar-refractivity contribution >= 4 is 0 Å². The van der Waals surface area contributed by atoms with E-state index >= 15 is 0 Å². The van der Waals surface area contributed by atoms with Gasteiger partial charge in [0.05, 0.1) is 19.3 Å². The third-order valence-electron chi connectivity index (χ3n) is 2.42. The fourth-order valence-electron chi connectivity index (χ4n) is 1.58. The van der Waals surface area contributed by atoms with Crippen LogP contribution in [0.2, 0.25) is 0 Å². The lowest BCUT2D eigenvalue weighted by Gasteiger charge is -2.26. The summed E-state index contributed by atoms with van der Waals surface area (Å²) in [6.07, 6.45) is 2.79. The van der Waals surface area contributed by atoms with Gasteiger partial charge in [0, 0.05) is 19.7 Å². The minimum atomic E-state index is 0.374. The Labute approximate surface area is 87.4 Å². The molecule has 0 unspecified atom stereocenters. The molecule has 1 aliphatic rings. The quantitative estimate of drug-likeness (QED) is 0.608. The number of nitrogens with zero attached hydrogens (tertiary/aromatic N) is 1. The van der Waals surface area contributed by atoms with Crippen molar-refractivity contribution in [3.05, 3.63) is 0 Å². The van der Waals surface area contributed by atoms with E-state index in [9.17, 15) is 0 Å². The van der Waals surface area contributed by atoms with Gasteiger partial charge in [-0.25, -0.2) is 0 Å². The van der Waals surface area contributed by atoms with Crippen LogP contribution in [0.25, 0.3) is 0 Å². The van der Waals surface area contributed by atoms with Crippen LogP contribution in [-0.4, -0.2) is 50.5 Å². The molecular weight excluding hydrogens is 178 g/mol. The first-order valence-electron chi connectivity index (χ1n) is 5.71. The van der Waals surface area contributed by atoms with Crippen molar-refractivity contribution < 1.29 is 9.47 Å². The SMILES string of the molecule is CC(C)OCCCCN1CCOCC1. The van der Waals surface area contributed by atoms with E-state index < -0.39 is 0 Å². The lowest BCUT2D eigenvalue weighted by molar-refractivity contribution is 0.0338. The standard InChI is InChI=1S/C11H23NO2/c1-11(2)14-8-4-3-5-12-6-9-13-10-7-12/h11H,3-10H2,1-2H3. The van der Waals surface area contributed by atoms with E-state index in [0.29, 0.717) is 6.10 Å². The summed E-state index contributed by atoms with van der Waals surface area (Å²) in [7, 11) is 0. The van der Waals surface area contributed by atoms with Crippen LogP contribution in [0.1, 0.15) is 26.7 Å². The molecule has 0 aliphatic carbocycles. The van der Waals surface area contributed by atoms with Crippen LogP contribution in [0.15, 0.2) is 0 Å². The molecule has 0 N–H and O–H groups in total. The molecule has 3 nitrogen and oxygen atoms in total. The monoisotopic (exact) mass is 201 g/mol. The maximum absolute atomic E-state index is 5.49. The van der Waals surface area contributed by atoms with Crippen LogP contribution in [-0.2, 0) is 9.47 Å². The zero-order valence-electron chi connectivity index (χ0n) is 9.50. The molecule has 0 spiro atoms. The summed E-state index contributed by atoms with van der Waals surface area (Å²) in [5.41, 5.74) is 0. The molecule has 0 bridgehead atoms. The van der Waals surface area contributed by atoms with E-state index in [-0.39, 0.29) is 0 Å². The van der Waals surface area contributed by atoms with Crippen molar-refractivity contribution in [1.29, 1.82) is 0 Å². The molecule has 1 fully saturated rings. The van der Waals surface area contributed by atoms with Gasteiger partial charge >= 0.3 is 0 Å². The van der Waals surface area contributed by atoms with Gasteiger partial charge in [0.2, 0.25) is 0 Å². The van der Waals surface area contributed by atoms with E-state index in [4.69, 9.17) is 9.47 Å². The Morgan fingerprint density at radius 3 is 2.57 bits per heavy atom. The Bertz CT molecular complexity index is 133. The van der Waals surface area contributed by atoms with E-state index in [2.05, 4.69) is 18.7 Å². The molecule has 84 valence electrons. The summed E-state index contributed by atoms with van der Waals surface area (Å²) in [5, 5.41) is 0. The average Bonchev–Trinajstić information content (AvgIpc) is 2.18. The molecular formula is C11H23NO2. The van der Waals surface area contributed by atoms with Crippen LogP contribution in [0.5, 0.6) is 0 Å². The first-order chi connectivity index (χ1) is 6.79. The summed E-state index contributed by atoms with van der Waals surface area (Å²) in [6.45, 7) is 10.3. The predicted octanol–water partition coefficient (Wildman–Crippen LogP) is 1.52. The van der Waals surface area contributed by atoms with Crippen LogP contribution in [0, 0.1) is 0 Å². The molecule has 0 atom stereocenters. The van der Waals surface area contributed by atoms with Gasteiger partial charge in [-0.3, -0.25) is 4.90 Å². The van der Waals surface area contributed by atoms with Crippen LogP contribution in [0.3, 0.4) is 0 Å². The normalized spacial score (nSPS) is 19.1. The summed E-state index contributed by atoms with van der Waals surface area (Å²) in [4.78, 5) is 2.47. The van der Waals surface area contributed by atoms with E-state index in [1.54, 1.807) is 0 Å². The smallest absolute Gasteiger partial charge is 0.0594 e. The minimum Gasteiger partial charge on any atom is -0.379 e.